The highest BCUT2D eigenvalue weighted by molar-refractivity contribution is 6.30. The minimum absolute atomic E-state index is 0.0372. The van der Waals surface area contributed by atoms with E-state index in [-0.39, 0.29) is 16.8 Å². The minimum Gasteiger partial charge on any atom is -0.463 e. The van der Waals surface area contributed by atoms with Crippen molar-refractivity contribution in [3.05, 3.63) is 58.3 Å². The number of furan rings is 1. The molecule has 1 unspecified atom stereocenters. The Morgan fingerprint density at radius 2 is 2.19 bits per heavy atom. The zero-order valence-electron chi connectivity index (χ0n) is 11.7. The van der Waals surface area contributed by atoms with E-state index >= 15 is 0 Å². The largest absolute Gasteiger partial charge is 0.463 e. The first kappa shape index (κ1) is 15.5. The number of carbonyl (C=O) groups is 1. The van der Waals surface area contributed by atoms with Crippen LogP contribution in [0.1, 0.15) is 34.8 Å². The van der Waals surface area contributed by atoms with E-state index in [4.69, 9.17) is 16.0 Å². The summed E-state index contributed by atoms with van der Waals surface area (Å²) in [4.78, 5) is 11.4. The maximum Gasteiger partial charge on any atom is 0.373 e. The van der Waals surface area contributed by atoms with E-state index in [1.807, 2.05) is 6.92 Å². The smallest absolute Gasteiger partial charge is 0.373 e. The molecule has 2 rings (SSSR count). The van der Waals surface area contributed by atoms with Crippen LogP contribution in [-0.2, 0) is 4.74 Å². The molecule has 1 aromatic carbocycles. The Morgan fingerprint density at radius 1 is 1.43 bits per heavy atom. The van der Waals surface area contributed by atoms with Gasteiger partial charge < -0.3 is 14.5 Å². The van der Waals surface area contributed by atoms with Gasteiger partial charge in [0.25, 0.3) is 0 Å². The molecule has 6 heteroatoms. The van der Waals surface area contributed by atoms with Gasteiger partial charge in [-0.05, 0) is 36.4 Å². The number of benzene rings is 1. The minimum atomic E-state index is -0.548. The summed E-state index contributed by atoms with van der Waals surface area (Å²) in [5.41, 5.74) is 0.744. The zero-order valence-corrected chi connectivity index (χ0v) is 12.4. The summed E-state index contributed by atoms with van der Waals surface area (Å²) in [5, 5.41) is 3.24. The van der Waals surface area contributed by atoms with Gasteiger partial charge in [-0.15, -0.1) is 0 Å². The lowest BCUT2D eigenvalue weighted by Crippen LogP contribution is -2.21. The molecular formula is C15H15ClFNO3. The Hall–Kier alpha value is -1.85. The molecule has 0 aliphatic rings. The van der Waals surface area contributed by atoms with Gasteiger partial charge in [0.05, 0.1) is 18.2 Å². The summed E-state index contributed by atoms with van der Waals surface area (Å²) in [6.07, 6.45) is 0. The summed E-state index contributed by atoms with van der Waals surface area (Å²) in [6.45, 7) is 2.59. The van der Waals surface area contributed by atoms with Crippen molar-refractivity contribution in [2.24, 2.45) is 0 Å². The number of esters is 1. The van der Waals surface area contributed by atoms with Crippen molar-refractivity contribution in [2.75, 3.05) is 13.7 Å². The third kappa shape index (κ3) is 3.43. The fourth-order valence-corrected chi connectivity index (χ4v) is 2.19. The molecule has 4 nitrogen and oxygen atoms in total. The van der Waals surface area contributed by atoms with E-state index in [0.29, 0.717) is 12.3 Å². The Kier molecular flexibility index (Phi) is 4.98. The van der Waals surface area contributed by atoms with Gasteiger partial charge >= 0.3 is 5.97 Å². The van der Waals surface area contributed by atoms with Crippen LogP contribution in [0, 0.1) is 5.82 Å². The van der Waals surface area contributed by atoms with Crippen LogP contribution in [0.4, 0.5) is 4.39 Å². The van der Waals surface area contributed by atoms with Gasteiger partial charge in [-0.25, -0.2) is 9.18 Å². The molecule has 0 saturated heterocycles. The highest BCUT2D eigenvalue weighted by Gasteiger charge is 2.20. The first-order valence-electron chi connectivity index (χ1n) is 6.43. The number of ether oxygens (including phenoxy) is 1. The van der Waals surface area contributed by atoms with Crippen molar-refractivity contribution in [1.82, 2.24) is 5.32 Å². The Morgan fingerprint density at radius 3 is 2.81 bits per heavy atom. The van der Waals surface area contributed by atoms with Gasteiger partial charge in [-0.1, -0.05) is 24.6 Å². The zero-order chi connectivity index (χ0) is 15.4. The predicted molar refractivity (Wildman–Crippen MR) is 77.0 cm³/mol. The second kappa shape index (κ2) is 6.74. The molecule has 2 aromatic rings. The number of halogens is 2. The van der Waals surface area contributed by atoms with Crippen LogP contribution in [0.2, 0.25) is 5.02 Å². The second-order valence-corrected chi connectivity index (χ2v) is 4.77. The summed E-state index contributed by atoms with van der Waals surface area (Å²) >= 11 is 5.82. The normalized spacial score (nSPS) is 12.2. The summed E-state index contributed by atoms with van der Waals surface area (Å²) < 4.78 is 23.4. The SMILES string of the molecule is CCNC(c1ccc(F)c(Cl)c1)c1ccc(C(=O)OC)o1. The van der Waals surface area contributed by atoms with Gasteiger partial charge in [-0.3, -0.25) is 0 Å². The molecule has 0 amide bonds. The third-order valence-electron chi connectivity index (χ3n) is 2.98. The predicted octanol–water partition coefficient (Wildman–Crippen LogP) is 3.56. The monoisotopic (exact) mass is 311 g/mol. The van der Waals surface area contributed by atoms with Crippen molar-refractivity contribution in [3.63, 3.8) is 0 Å². The van der Waals surface area contributed by atoms with Gasteiger partial charge in [0.1, 0.15) is 11.6 Å². The van der Waals surface area contributed by atoms with Crippen LogP contribution in [-0.4, -0.2) is 19.6 Å². The fourth-order valence-electron chi connectivity index (χ4n) is 2.00. The molecule has 1 N–H and O–H groups in total. The van der Waals surface area contributed by atoms with Crippen LogP contribution in [0.15, 0.2) is 34.7 Å². The highest BCUT2D eigenvalue weighted by atomic mass is 35.5. The molecule has 0 aliphatic carbocycles. The molecule has 21 heavy (non-hydrogen) atoms. The first-order chi connectivity index (χ1) is 10.1. The molecule has 0 saturated carbocycles. The van der Waals surface area contributed by atoms with E-state index in [9.17, 15) is 9.18 Å². The molecule has 0 aliphatic heterocycles. The van der Waals surface area contributed by atoms with E-state index in [1.54, 1.807) is 12.1 Å². The van der Waals surface area contributed by atoms with Crippen molar-refractivity contribution in [3.8, 4) is 0 Å². The van der Waals surface area contributed by atoms with Crippen LogP contribution >= 0.6 is 11.6 Å². The van der Waals surface area contributed by atoms with E-state index < -0.39 is 11.8 Å². The number of hydrogen-bond donors (Lipinski definition) is 1. The standard InChI is InChI=1S/C15H15ClFNO3/c1-3-18-14(9-4-5-11(17)10(16)8-9)12-6-7-13(21-12)15(19)20-2/h4-8,14,18H,3H2,1-2H3. The maximum atomic E-state index is 13.3. The maximum absolute atomic E-state index is 13.3. The second-order valence-electron chi connectivity index (χ2n) is 4.36. The van der Waals surface area contributed by atoms with Crippen molar-refractivity contribution in [2.45, 2.75) is 13.0 Å². The molecule has 1 heterocycles. The van der Waals surface area contributed by atoms with Crippen LogP contribution in [0.3, 0.4) is 0 Å². The molecule has 1 atom stereocenters. The molecule has 0 bridgehead atoms. The van der Waals surface area contributed by atoms with E-state index in [1.165, 1.54) is 25.3 Å². The Labute approximate surface area is 126 Å². The van der Waals surface area contributed by atoms with Gasteiger partial charge in [0, 0.05) is 0 Å². The van der Waals surface area contributed by atoms with Crippen molar-refractivity contribution >= 4 is 17.6 Å². The average molecular weight is 312 g/mol. The van der Waals surface area contributed by atoms with Gasteiger partial charge in [0.2, 0.25) is 5.76 Å². The third-order valence-corrected chi connectivity index (χ3v) is 3.27. The lowest BCUT2D eigenvalue weighted by molar-refractivity contribution is 0.0562. The van der Waals surface area contributed by atoms with Crippen LogP contribution < -0.4 is 5.32 Å². The molecule has 112 valence electrons. The highest BCUT2D eigenvalue weighted by Crippen LogP contribution is 2.27. The average Bonchev–Trinajstić information content (AvgIpc) is 2.96. The summed E-state index contributed by atoms with van der Waals surface area (Å²) in [5.74, 6) is -0.387. The van der Waals surface area contributed by atoms with Gasteiger partial charge in [0.15, 0.2) is 0 Å². The van der Waals surface area contributed by atoms with E-state index in [2.05, 4.69) is 10.1 Å². The Balaban J connectivity index is 2.36. The molecule has 0 spiro atoms. The number of hydrogen-bond acceptors (Lipinski definition) is 4. The molecule has 0 radical (unpaired) electrons. The lowest BCUT2D eigenvalue weighted by Gasteiger charge is -2.16. The molecular weight excluding hydrogens is 297 g/mol. The fraction of sp³-hybridized carbons (Fsp3) is 0.267. The quantitative estimate of drug-likeness (QED) is 0.858. The number of carbonyl (C=O) groups excluding carboxylic acids is 1. The number of rotatable bonds is 5. The lowest BCUT2D eigenvalue weighted by atomic mass is 10.0. The number of methoxy groups -OCH3 is 1. The molecule has 0 fully saturated rings. The van der Waals surface area contributed by atoms with Gasteiger partial charge in [-0.2, -0.15) is 0 Å². The van der Waals surface area contributed by atoms with Crippen molar-refractivity contribution in [1.29, 1.82) is 0 Å². The summed E-state index contributed by atoms with van der Waals surface area (Å²) in [7, 11) is 1.28. The van der Waals surface area contributed by atoms with Crippen LogP contribution in [0.5, 0.6) is 0 Å². The number of nitrogens with one attached hydrogen (secondary N) is 1. The van der Waals surface area contributed by atoms with Crippen molar-refractivity contribution < 1.29 is 18.3 Å². The molecule has 1 aromatic heterocycles. The first-order valence-corrected chi connectivity index (χ1v) is 6.81. The summed E-state index contributed by atoms with van der Waals surface area (Å²) in [6, 6.07) is 7.34. The van der Waals surface area contributed by atoms with Crippen LogP contribution in [0.25, 0.3) is 0 Å². The Bertz CT molecular complexity index is 642. The van der Waals surface area contributed by atoms with E-state index in [0.717, 1.165) is 5.56 Å². The topological polar surface area (TPSA) is 51.5 Å².